The molecule has 0 spiro atoms. The SMILES string of the molecule is [2H]C([2H])([2H])C([2H])(c1cc[n+](C)c(-c2c(C)ccc3c2oc2cc4c(cc23)-c2ccccc2C4(C([2H])([2H])[2H])C([2H])([2H])[2H])c1)C([2H])([2H])[2H].[2H]C([2H])([2H])C([2H])(c1cc[n+](C)c(-c2c(C)ccc3c2oc2ccc4c(c23)-c2ccccc2C4(C([2H])([2H])[2H])C([2H])([2H])[2H])c1)C([2H])([2H])[2H].[2H]C([2H])([2H])C([2H])(c1cc[n+](C)c(-c2c(C)ccc3c2oc2ccc4c(c23)C(C)(C)c2ccccc2-4)c1)C([2H])([2H])[2H].[2H]C([2H])([2H])C1(C)c2ccccc2-c2cc3oc4c(-c5cc(C([2H])(C([2H])([2H])[2H])C([2H])([2H])[2H])cc[n+]5C)c(C)ccc4c3cc21. The van der Waals surface area contributed by atoms with E-state index in [1.807, 2.05) is 111 Å². The first-order chi connectivity index (χ1) is 80.6. The number of furan rings is 4. The van der Waals surface area contributed by atoms with Crippen LogP contribution in [0.15, 0.2) is 285 Å². The second kappa shape index (κ2) is 31.1. The van der Waals surface area contributed by atoms with E-state index in [1.165, 1.54) is 95.3 Å². The van der Waals surface area contributed by atoms with Crippen molar-refractivity contribution in [3.8, 4) is 89.5 Å². The van der Waals surface area contributed by atoms with Gasteiger partial charge in [-0.25, -0.2) is 18.3 Å². The monoisotopic (exact) mass is 1770 g/mol. The number of rotatable bonds is 8. The Morgan fingerprint density at radius 1 is 0.258 bits per heavy atom. The van der Waals surface area contributed by atoms with Gasteiger partial charge in [0.25, 0.3) is 0 Å². The van der Waals surface area contributed by atoms with Crippen LogP contribution >= 0.6 is 0 Å². The molecule has 8 heteroatoms. The van der Waals surface area contributed by atoms with Crippen molar-refractivity contribution < 1.29 is 94.9 Å². The maximum absolute atomic E-state index is 8.74. The molecular formula is C124H120N4O4+4. The van der Waals surface area contributed by atoms with Crippen molar-refractivity contribution in [3.63, 3.8) is 0 Å². The van der Waals surface area contributed by atoms with Gasteiger partial charge in [-0.2, -0.15) is 0 Å². The van der Waals surface area contributed by atoms with Gasteiger partial charge >= 0.3 is 0 Å². The Bertz CT molecular complexity index is 10100. The first-order valence-corrected chi connectivity index (χ1v) is 43.5. The van der Waals surface area contributed by atoms with Gasteiger partial charge in [0.05, 0.1) is 22.3 Å². The van der Waals surface area contributed by atoms with Gasteiger partial charge in [-0.3, -0.25) is 0 Å². The highest BCUT2D eigenvalue weighted by molar-refractivity contribution is 6.19. The van der Waals surface area contributed by atoms with Crippen LogP contribution < -0.4 is 18.3 Å². The molecule has 8 heterocycles. The summed E-state index contributed by atoms with van der Waals surface area (Å²) < 4.78 is 387. The molecular weight excluding hydrogens is 1610 g/mol. The number of aromatic nitrogens is 4. The maximum Gasteiger partial charge on any atom is 0.216 e. The molecule has 0 aliphatic heterocycles. The second-order valence-electron chi connectivity index (χ2n) is 36.0. The summed E-state index contributed by atoms with van der Waals surface area (Å²) in [5.41, 5.74) is 14.8. The Labute approximate surface area is 836 Å². The fourth-order valence-corrected chi connectivity index (χ4v) is 20.9. The van der Waals surface area contributed by atoms with Crippen LogP contribution in [0.1, 0.15) is 281 Å². The Hall–Kier alpha value is -13.6. The van der Waals surface area contributed by atoms with E-state index in [2.05, 4.69) is 50.2 Å². The highest BCUT2D eigenvalue weighted by Crippen LogP contribution is 2.58. The summed E-state index contributed by atoms with van der Waals surface area (Å²) >= 11 is 0. The van der Waals surface area contributed by atoms with Crippen LogP contribution in [-0.4, -0.2) is 0 Å². The van der Waals surface area contributed by atoms with Crippen molar-refractivity contribution in [1.29, 1.82) is 0 Å². The third kappa shape index (κ3) is 13.1. The van der Waals surface area contributed by atoms with E-state index in [-0.39, 0.29) is 55.5 Å². The second-order valence-corrected chi connectivity index (χ2v) is 36.0. The van der Waals surface area contributed by atoms with Crippen molar-refractivity contribution in [2.75, 3.05) is 0 Å². The largest absolute Gasteiger partial charge is 0.455 e. The Balaban J connectivity index is 0.000000132. The highest BCUT2D eigenvalue weighted by Gasteiger charge is 2.43. The molecule has 12 aromatic carbocycles. The van der Waals surface area contributed by atoms with Gasteiger partial charge < -0.3 is 17.7 Å². The maximum atomic E-state index is 8.74. The summed E-state index contributed by atoms with van der Waals surface area (Å²) in [6.45, 7) is -25.5. The average Bonchev–Trinajstić information content (AvgIpc) is 1.51. The zero-order valence-electron chi connectivity index (χ0n) is 117. The topological polar surface area (TPSA) is 68.1 Å². The Morgan fingerprint density at radius 2 is 0.591 bits per heavy atom. The smallest absolute Gasteiger partial charge is 0.216 e. The number of benzene rings is 12. The minimum atomic E-state index is -3.18. The molecule has 0 saturated carbocycles. The van der Waals surface area contributed by atoms with Gasteiger partial charge in [0, 0.05) is 172 Å². The lowest BCUT2D eigenvalue weighted by Gasteiger charge is -2.22. The van der Waals surface area contributed by atoms with Gasteiger partial charge in [-0.1, -0.05) is 268 Å². The Morgan fingerprint density at radius 3 is 1.04 bits per heavy atom. The van der Waals surface area contributed by atoms with E-state index in [4.69, 9.17) is 76.6 Å². The van der Waals surface area contributed by atoms with Gasteiger partial charge in [0.1, 0.15) is 72.9 Å². The first kappa shape index (κ1) is 49.6. The van der Waals surface area contributed by atoms with Gasteiger partial charge in [0.2, 0.25) is 22.8 Å². The first-order valence-electron chi connectivity index (χ1n) is 65.0. The predicted octanol–water partition coefficient (Wildman–Crippen LogP) is 31.3. The molecule has 0 N–H and O–H groups in total. The van der Waals surface area contributed by atoms with Crippen LogP contribution in [-0.2, 0) is 49.9 Å². The molecule has 8 aromatic heterocycles. The number of hydrogen-bond donors (Lipinski definition) is 0. The third-order valence-electron chi connectivity index (χ3n) is 27.6. The van der Waals surface area contributed by atoms with Crippen molar-refractivity contribution in [2.24, 2.45) is 28.2 Å². The molecule has 8 nitrogen and oxygen atoms in total. The molecule has 24 rings (SSSR count). The fraction of sp³-hybridized carbons (Fsp3) is 0.258. The van der Waals surface area contributed by atoms with E-state index in [0.717, 1.165) is 60.5 Å². The van der Waals surface area contributed by atoms with Gasteiger partial charge in [0.15, 0.2) is 24.8 Å². The third-order valence-corrected chi connectivity index (χ3v) is 27.6. The zero-order chi connectivity index (χ0) is 128. The van der Waals surface area contributed by atoms with E-state index < -0.39 is 129 Å². The lowest BCUT2D eigenvalue weighted by atomic mass is 9.80. The molecule has 0 fully saturated rings. The van der Waals surface area contributed by atoms with Crippen LogP contribution in [0.3, 0.4) is 0 Å². The van der Waals surface area contributed by atoms with Crippen LogP contribution in [0, 0.1) is 27.7 Å². The predicted molar refractivity (Wildman–Crippen MR) is 547 cm³/mol. The van der Waals surface area contributed by atoms with E-state index in [9.17, 15) is 0 Å². The minimum absolute atomic E-state index is 0.0920. The standard InChI is InChI=1S/4C31H30NO/c1-18(2)20-13-14-32(6)27(15-20)29-19(3)11-12-22-24-16-26-23(17-28(24)33-30(22)29)21-9-7-8-10-25(21)31(26,4)5;1-18(2)20-13-14-32(6)27(15-20)29-19(3)11-12-22-24-16-23-21-9-7-8-10-25(21)31(4,5)26(23)17-28(24)33-30(22)29;1-18(2)20-15-16-32(6)25(17-20)27-19(3)11-12-23-28-26(33-30(23)27)14-13-22-21-9-7-8-10-24(21)31(4,5)29(22)28;1-18(2)20-15-16-32(6)25(17-20)27-19(3)11-12-22-29-26(33-30(22)27)14-13-24-28(29)21-9-7-8-10-23(21)31(24,4)5/h4*7-18H,1-6H3/q4*+1/i1D3,2D3,4D3,18D;1D3,2D3,4D3,5D3,18D;1D3,2D3,18D;1D3,2D3,4D3,5D3,18D. The van der Waals surface area contributed by atoms with E-state index >= 15 is 0 Å². The number of hydrogen-bond acceptors (Lipinski definition) is 4. The molecule has 0 bridgehead atoms. The van der Waals surface area contributed by atoms with Crippen molar-refractivity contribution >= 4 is 87.8 Å². The summed E-state index contributed by atoms with van der Waals surface area (Å²) in [6, 6.07) is 69.7. The number of fused-ring (bicyclic) bond motifs is 26. The number of pyridine rings is 4. The minimum Gasteiger partial charge on any atom is -0.455 e. The highest BCUT2D eigenvalue weighted by atomic mass is 16.3. The molecule has 4 aliphatic rings. The lowest BCUT2D eigenvalue weighted by molar-refractivity contribution is -0.660. The summed E-state index contributed by atoms with van der Waals surface area (Å²) in [5, 5.41) is 5.75. The van der Waals surface area contributed by atoms with Crippen LogP contribution in [0.5, 0.6) is 0 Å². The molecule has 4 aliphatic carbocycles. The van der Waals surface area contributed by atoms with E-state index in [1.54, 1.807) is 128 Å². The van der Waals surface area contributed by atoms with Gasteiger partial charge in [-0.05, 0) is 221 Å². The summed E-state index contributed by atoms with van der Waals surface area (Å²) in [5.74, 6) is -11.5. The van der Waals surface area contributed by atoms with E-state index in [0.29, 0.717) is 133 Å². The Kier molecular flexibility index (Phi) is 11.7. The van der Waals surface area contributed by atoms with Crippen LogP contribution in [0.4, 0.5) is 0 Å². The molecule has 1 unspecified atom stereocenters. The quantitative estimate of drug-likeness (QED) is 0.142. The summed E-state index contributed by atoms with van der Waals surface area (Å²) in [7, 11) is 6.96. The van der Waals surface area contributed by atoms with Crippen LogP contribution in [0.25, 0.3) is 177 Å². The van der Waals surface area contributed by atoms with Gasteiger partial charge in [-0.15, -0.1) is 0 Å². The average molecular weight is 1770 g/mol. The van der Waals surface area contributed by atoms with Crippen LogP contribution in [0.2, 0.25) is 0 Å². The normalized spacial score (nSPS) is 21.4. The molecule has 0 amide bonds. The lowest BCUT2D eigenvalue weighted by Crippen LogP contribution is -2.31. The summed E-state index contributed by atoms with van der Waals surface area (Å²) in [4.78, 5) is 0. The number of aryl methyl sites for hydroxylation is 8. The summed E-state index contributed by atoms with van der Waals surface area (Å²) in [6.07, 6.45) is 6.17. The molecule has 0 radical (unpaired) electrons. The number of nitrogens with zero attached hydrogens (tertiary/aromatic N) is 4. The zero-order valence-corrected chi connectivity index (χ0v) is 74.3. The van der Waals surface area contributed by atoms with Crippen molar-refractivity contribution in [2.45, 2.75) is 183 Å². The molecule has 656 valence electrons. The van der Waals surface area contributed by atoms with Crippen molar-refractivity contribution in [1.82, 2.24) is 0 Å². The molecule has 0 saturated heterocycles. The molecule has 20 aromatic rings. The van der Waals surface area contributed by atoms with Crippen molar-refractivity contribution in [3.05, 3.63) is 356 Å². The fourth-order valence-electron chi connectivity index (χ4n) is 20.9. The molecule has 132 heavy (non-hydrogen) atoms. The molecule has 1 atom stereocenters.